The zero-order valence-electron chi connectivity index (χ0n) is 17.3. The summed E-state index contributed by atoms with van der Waals surface area (Å²) in [5, 5.41) is 3.40. The number of guanidine groups is 1. The molecule has 158 valence electrons. The summed E-state index contributed by atoms with van der Waals surface area (Å²) in [7, 11) is 1.76. The van der Waals surface area contributed by atoms with Crippen molar-refractivity contribution in [1.82, 2.24) is 19.6 Å². The average molecular weight is 412 g/mol. The molecule has 1 aliphatic rings. The van der Waals surface area contributed by atoms with Gasteiger partial charge in [-0.3, -0.25) is 4.99 Å². The molecule has 1 aliphatic heterocycles. The molecule has 6 nitrogen and oxygen atoms in total. The van der Waals surface area contributed by atoms with Gasteiger partial charge in [0, 0.05) is 64.7 Å². The molecule has 0 radical (unpaired) electrons. The Kier molecular flexibility index (Phi) is 5.83. The van der Waals surface area contributed by atoms with Gasteiger partial charge >= 0.3 is 0 Å². The highest BCUT2D eigenvalue weighted by Gasteiger charge is 2.22. The van der Waals surface area contributed by atoms with Crippen LogP contribution in [0.25, 0.3) is 5.65 Å². The van der Waals surface area contributed by atoms with Crippen molar-refractivity contribution in [1.29, 1.82) is 0 Å². The summed E-state index contributed by atoms with van der Waals surface area (Å²) in [4.78, 5) is 13.1. The van der Waals surface area contributed by atoms with Crippen LogP contribution < -0.4 is 10.2 Å². The normalized spacial score (nSPS) is 15.1. The molecule has 0 aliphatic carbocycles. The minimum Gasteiger partial charge on any atom is -0.366 e. The first-order chi connectivity index (χ1) is 14.5. The molecule has 0 atom stereocenters. The lowest BCUT2D eigenvalue weighted by atomic mass is 10.2. The average Bonchev–Trinajstić information content (AvgIpc) is 3.18. The minimum absolute atomic E-state index is 0.319. The van der Waals surface area contributed by atoms with E-state index in [2.05, 4.69) is 34.4 Å². The first-order valence-electron chi connectivity index (χ1n) is 10.1. The Balaban J connectivity index is 1.31. The summed E-state index contributed by atoms with van der Waals surface area (Å²) in [5.41, 5.74) is 3.48. The van der Waals surface area contributed by atoms with Crippen molar-refractivity contribution in [3.8, 4) is 0 Å². The molecule has 0 unspecified atom stereocenters. The largest absolute Gasteiger partial charge is 0.366 e. The first kappa shape index (κ1) is 20.1. The molecule has 3 aromatic rings. The summed E-state index contributed by atoms with van der Waals surface area (Å²) < 4.78 is 29.6. The molecule has 0 spiro atoms. The molecule has 30 heavy (non-hydrogen) atoms. The van der Waals surface area contributed by atoms with E-state index in [1.807, 2.05) is 21.6 Å². The van der Waals surface area contributed by atoms with Crippen LogP contribution in [0, 0.1) is 18.6 Å². The summed E-state index contributed by atoms with van der Waals surface area (Å²) in [6.07, 6.45) is 4.85. The molecule has 1 saturated heterocycles. The first-order valence-corrected chi connectivity index (χ1v) is 10.1. The number of imidazole rings is 1. The maximum absolute atomic E-state index is 14.0. The molecule has 8 heteroatoms. The quantitative estimate of drug-likeness (QED) is 0.529. The number of pyridine rings is 1. The molecule has 0 saturated carbocycles. The lowest BCUT2D eigenvalue weighted by molar-refractivity contribution is 0.371. The molecule has 2 aromatic heterocycles. The Morgan fingerprint density at radius 2 is 1.97 bits per heavy atom. The summed E-state index contributed by atoms with van der Waals surface area (Å²) in [5.74, 6) is -0.00203. The van der Waals surface area contributed by atoms with Crippen molar-refractivity contribution in [3.63, 3.8) is 0 Å². The predicted molar refractivity (Wildman–Crippen MR) is 115 cm³/mol. The number of aromatic nitrogens is 2. The fraction of sp³-hybridized carbons (Fsp3) is 0.364. The second-order valence-electron chi connectivity index (χ2n) is 7.45. The van der Waals surface area contributed by atoms with Crippen LogP contribution in [-0.2, 0) is 6.42 Å². The number of hydrogen-bond acceptors (Lipinski definition) is 3. The Labute approximate surface area is 174 Å². The SMILES string of the molecule is CN=C(NCCc1cn2cccc(C)c2n1)N1CCN(c2cc(F)ccc2F)CC1. The Morgan fingerprint density at radius 1 is 1.17 bits per heavy atom. The second kappa shape index (κ2) is 8.69. The van der Waals surface area contributed by atoms with Crippen LogP contribution >= 0.6 is 0 Å². The number of hydrogen-bond donors (Lipinski definition) is 1. The zero-order valence-corrected chi connectivity index (χ0v) is 17.3. The van der Waals surface area contributed by atoms with E-state index in [-0.39, 0.29) is 0 Å². The predicted octanol–water partition coefficient (Wildman–Crippen LogP) is 2.86. The van der Waals surface area contributed by atoms with Crippen molar-refractivity contribution in [3.05, 3.63) is 65.6 Å². The number of anilines is 1. The Bertz CT molecular complexity index is 1050. The Hall–Kier alpha value is -3.16. The summed E-state index contributed by atoms with van der Waals surface area (Å²) >= 11 is 0. The van der Waals surface area contributed by atoms with Gasteiger partial charge in [-0.2, -0.15) is 0 Å². The zero-order chi connectivity index (χ0) is 21.1. The van der Waals surface area contributed by atoms with Gasteiger partial charge in [-0.25, -0.2) is 13.8 Å². The van der Waals surface area contributed by atoms with Gasteiger partial charge in [0.15, 0.2) is 5.96 Å². The van der Waals surface area contributed by atoms with Gasteiger partial charge < -0.3 is 19.5 Å². The van der Waals surface area contributed by atoms with Crippen LogP contribution in [0.4, 0.5) is 14.5 Å². The molecular weight excluding hydrogens is 386 g/mol. The number of aryl methyl sites for hydroxylation is 1. The van der Waals surface area contributed by atoms with Gasteiger partial charge in [-0.05, 0) is 30.7 Å². The fourth-order valence-electron chi connectivity index (χ4n) is 3.85. The lowest BCUT2D eigenvalue weighted by Gasteiger charge is -2.37. The number of halogens is 2. The number of rotatable bonds is 4. The van der Waals surface area contributed by atoms with Crippen LogP contribution in [0.1, 0.15) is 11.3 Å². The van der Waals surface area contributed by atoms with Crippen LogP contribution in [0.2, 0.25) is 0 Å². The third-order valence-corrected chi connectivity index (χ3v) is 5.43. The molecule has 0 amide bonds. The number of aliphatic imine (C=N–C) groups is 1. The third-order valence-electron chi connectivity index (χ3n) is 5.43. The van der Waals surface area contributed by atoms with Crippen molar-refractivity contribution in [2.45, 2.75) is 13.3 Å². The van der Waals surface area contributed by atoms with E-state index >= 15 is 0 Å². The monoisotopic (exact) mass is 412 g/mol. The van der Waals surface area contributed by atoms with Gasteiger partial charge in [0.05, 0.1) is 11.4 Å². The molecule has 1 aromatic carbocycles. The van der Waals surface area contributed by atoms with Gasteiger partial charge in [-0.1, -0.05) is 6.07 Å². The Morgan fingerprint density at radius 3 is 2.70 bits per heavy atom. The highest BCUT2D eigenvalue weighted by atomic mass is 19.1. The van der Waals surface area contributed by atoms with Gasteiger partial charge in [0.25, 0.3) is 0 Å². The van der Waals surface area contributed by atoms with Gasteiger partial charge in [0.1, 0.15) is 17.3 Å². The van der Waals surface area contributed by atoms with Crippen molar-refractivity contribution >= 4 is 17.3 Å². The van der Waals surface area contributed by atoms with Crippen molar-refractivity contribution in [2.24, 2.45) is 4.99 Å². The fourth-order valence-corrected chi connectivity index (χ4v) is 3.85. The minimum atomic E-state index is -0.423. The van der Waals surface area contributed by atoms with Gasteiger partial charge in [0.2, 0.25) is 0 Å². The highest BCUT2D eigenvalue weighted by molar-refractivity contribution is 5.80. The maximum atomic E-state index is 14.0. The van der Waals surface area contributed by atoms with Crippen molar-refractivity contribution < 1.29 is 8.78 Å². The van der Waals surface area contributed by atoms with Gasteiger partial charge in [-0.15, -0.1) is 0 Å². The molecule has 4 rings (SSSR count). The van der Waals surface area contributed by atoms with Crippen LogP contribution in [0.15, 0.2) is 47.7 Å². The van der Waals surface area contributed by atoms with E-state index in [1.54, 1.807) is 7.05 Å². The molecule has 0 bridgehead atoms. The van der Waals surface area contributed by atoms with E-state index in [4.69, 9.17) is 4.98 Å². The van der Waals surface area contributed by atoms with Crippen LogP contribution in [-0.4, -0.2) is 60.0 Å². The standard InChI is InChI=1S/C22H26F2N6/c1-16-4-3-9-30-15-18(27-21(16)30)7-8-26-22(25-2)29-12-10-28(11-13-29)20-14-17(23)5-6-19(20)24/h3-6,9,14-15H,7-8,10-13H2,1-2H3,(H,25,26). The summed E-state index contributed by atoms with van der Waals surface area (Å²) in [6.45, 7) is 5.35. The van der Waals surface area contributed by atoms with E-state index in [0.717, 1.165) is 35.4 Å². The van der Waals surface area contributed by atoms with Crippen LogP contribution in [0.3, 0.4) is 0 Å². The van der Waals surface area contributed by atoms with E-state index in [1.165, 1.54) is 12.1 Å². The number of nitrogens with one attached hydrogen (secondary N) is 1. The molecule has 3 heterocycles. The highest BCUT2D eigenvalue weighted by Crippen LogP contribution is 2.22. The van der Waals surface area contributed by atoms with Crippen LogP contribution in [0.5, 0.6) is 0 Å². The third kappa shape index (κ3) is 4.22. The molecule has 1 N–H and O–H groups in total. The number of benzene rings is 1. The number of fused-ring (bicyclic) bond motifs is 1. The van der Waals surface area contributed by atoms with E-state index in [0.29, 0.717) is 38.4 Å². The molecule has 1 fully saturated rings. The number of piperazine rings is 1. The molecular formula is C22H26F2N6. The van der Waals surface area contributed by atoms with E-state index < -0.39 is 11.6 Å². The lowest BCUT2D eigenvalue weighted by Crippen LogP contribution is -2.53. The number of nitrogens with zero attached hydrogens (tertiary/aromatic N) is 5. The van der Waals surface area contributed by atoms with E-state index in [9.17, 15) is 8.78 Å². The smallest absolute Gasteiger partial charge is 0.193 e. The maximum Gasteiger partial charge on any atom is 0.193 e. The second-order valence-corrected chi connectivity index (χ2v) is 7.45. The van der Waals surface area contributed by atoms with Crippen molar-refractivity contribution in [2.75, 3.05) is 44.7 Å². The topological polar surface area (TPSA) is 48.2 Å². The summed E-state index contributed by atoms with van der Waals surface area (Å²) in [6, 6.07) is 7.66.